The Bertz CT molecular complexity index is 1160. The Kier molecular flexibility index (Phi) is 6.14. The summed E-state index contributed by atoms with van der Waals surface area (Å²) in [6.07, 6.45) is 2.85. The zero-order chi connectivity index (χ0) is 21.8. The number of rotatable bonds is 7. The molecule has 0 radical (unpaired) electrons. The van der Waals surface area contributed by atoms with Gasteiger partial charge in [-0.2, -0.15) is 5.10 Å². The van der Waals surface area contributed by atoms with Crippen LogP contribution in [0, 0.1) is 0 Å². The summed E-state index contributed by atoms with van der Waals surface area (Å²) < 4.78 is 1.87. The van der Waals surface area contributed by atoms with Crippen LogP contribution >= 0.6 is 11.3 Å². The molecule has 1 aliphatic rings. The summed E-state index contributed by atoms with van der Waals surface area (Å²) >= 11 is 1.61. The van der Waals surface area contributed by atoms with Crippen molar-refractivity contribution in [2.24, 2.45) is 0 Å². The maximum atomic E-state index is 13.3. The summed E-state index contributed by atoms with van der Waals surface area (Å²) in [6, 6.07) is 24.9. The van der Waals surface area contributed by atoms with E-state index in [0.29, 0.717) is 12.1 Å². The number of carbonyl (C=O) groups excluding carboxylic acids is 1. The molecule has 2 aromatic heterocycles. The molecule has 3 heterocycles. The molecular formula is C26H26N4OS. The number of benzene rings is 2. The number of nitrogens with one attached hydrogen (secondary N) is 1. The van der Waals surface area contributed by atoms with Crippen molar-refractivity contribution in [2.45, 2.75) is 25.6 Å². The Morgan fingerprint density at radius 3 is 2.38 bits per heavy atom. The standard InChI is InChI=1S/C26H26N4OS/c31-26(27-22-13-14-29(18-22)16-20-8-3-1-4-9-20)23-19-30(17-21-10-5-2-6-11-21)28-25(23)24-12-7-15-32-24/h1-12,15,19,22H,13-14,16-18H2,(H,27,31). The number of likely N-dealkylation sites (tertiary alicyclic amines) is 1. The summed E-state index contributed by atoms with van der Waals surface area (Å²) in [7, 11) is 0. The van der Waals surface area contributed by atoms with E-state index < -0.39 is 0 Å². The van der Waals surface area contributed by atoms with Gasteiger partial charge in [-0.25, -0.2) is 0 Å². The van der Waals surface area contributed by atoms with E-state index in [1.54, 1.807) is 11.3 Å². The minimum absolute atomic E-state index is 0.0423. The van der Waals surface area contributed by atoms with Crippen LogP contribution < -0.4 is 5.32 Å². The highest BCUT2D eigenvalue weighted by Crippen LogP contribution is 2.27. The van der Waals surface area contributed by atoms with Crippen molar-refractivity contribution < 1.29 is 4.79 Å². The van der Waals surface area contributed by atoms with Gasteiger partial charge in [0.2, 0.25) is 0 Å². The number of hydrogen-bond donors (Lipinski definition) is 1. The number of amides is 1. The smallest absolute Gasteiger partial charge is 0.255 e. The highest BCUT2D eigenvalue weighted by Gasteiger charge is 2.26. The van der Waals surface area contributed by atoms with E-state index in [4.69, 9.17) is 5.10 Å². The van der Waals surface area contributed by atoms with Crippen LogP contribution in [0.25, 0.3) is 10.6 Å². The molecule has 5 nitrogen and oxygen atoms in total. The number of nitrogens with zero attached hydrogens (tertiary/aromatic N) is 3. The van der Waals surface area contributed by atoms with Gasteiger partial charge in [0.25, 0.3) is 5.91 Å². The van der Waals surface area contributed by atoms with Crippen molar-refractivity contribution in [3.63, 3.8) is 0 Å². The van der Waals surface area contributed by atoms with E-state index in [-0.39, 0.29) is 11.9 Å². The second-order valence-electron chi connectivity index (χ2n) is 8.23. The SMILES string of the molecule is O=C(NC1CCN(Cc2ccccc2)C1)c1cn(Cc2ccccc2)nc1-c1cccs1. The maximum Gasteiger partial charge on any atom is 0.255 e. The van der Waals surface area contributed by atoms with Crippen molar-refractivity contribution in [1.29, 1.82) is 0 Å². The number of thiophene rings is 1. The summed E-state index contributed by atoms with van der Waals surface area (Å²) in [6.45, 7) is 3.42. The highest BCUT2D eigenvalue weighted by molar-refractivity contribution is 7.13. The summed E-state index contributed by atoms with van der Waals surface area (Å²) in [5.41, 5.74) is 3.87. The predicted molar refractivity (Wildman–Crippen MR) is 129 cm³/mol. The fourth-order valence-electron chi connectivity index (χ4n) is 4.23. The fraction of sp³-hybridized carbons (Fsp3) is 0.231. The molecule has 0 spiro atoms. The molecule has 0 bridgehead atoms. The first-order valence-electron chi connectivity index (χ1n) is 11.0. The zero-order valence-corrected chi connectivity index (χ0v) is 18.7. The zero-order valence-electron chi connectivity index (χ0n) is 17.9. The average Bonchev–Trinajstić information content (AvgIpc) is 3.56. The van der Waals surface area contributed by atoms with Crippen LogP contribution in [0.3, 0.4) is 0 Å². The molecule has 1 unspecified atom stereocenters. The van der Waals surface area contributed by atoms with Gasteiger partial charge in [-0.05, 0) is 29.0 Å². The van der Waals surface area contributed by atoms with Crippen LogP contribution in [-0.2, 0) is 13.1 Å². The van der Waals surface area contributed by atoms with Crippen molar-refractivity contribution in [1.82, 2.24) is 20.0 Å². The molecule has 162 valence electrons. The molecule has 1 amide bonds. The lowest BCUT2D eigenvalue weighted by Gasteiger charge is -2.16. The first-order valence-corrected chi connectivity index (χ1v) is 11.8. The Morgan fingerprint density at radius 2 is 1.69 bits per heavy atom. The van der Waals surface area contributed by atoms with Gasteiger partial charge in [-0.15, -0.1) is 11.3 Å². The largest absolute Gasteiger partial charge is 0.348 e. The van der Waals surface area contributed by atoms with Crippen molar-refractivity contribution >= 4 is 17.2 Å². The molecule has 1 atom stereocenters. The van der Waals surface area contributed by atoms with Crippen molar-refractivity contribution in [2.75, 3.05) is 13.1 Å². The van der Waals surface area contributed by atoms with Crippen molar-refractivity contribution in [3.8, 4) is 10.6 Å². The van der Waals surface area contributed by atoms with Gasteiger partial charge in [-0.3, -0.25) is 14.4 Å². The second-order valence-corrected chi connectivity index (χ2v) is 9.18. The Morgan fingerprint density at radius 1 is 0.969 bits per heavy atom. The topological polar surface area (TPSA) is 50.2 Å². The molecule has 6 heteroatoms. The summed E-state index contributed by atoms with van der Waals surface area (Å²) in [5, 5.41) is 10.1. The van der Waals surface area contributed by atoms with E-state index in [9.17, 15) is 4.79 Å². The molecule has 1 aliphatic heterocycles. The van der Waals surface area contributed by atoms with Crippen molar-refractivity contribution in [3.05, 3.63) is 101 Å². The first kappa shape index (κ1) is 20.7. The van der Waals surface area contributed by atoms with Crippen LogP contribution in [0.1, 0.15) is 27.9 Å². The molecule has 4 aromatic rings. The lowest BCUT2D eigenvalue weighted by molar-refractivity contribution is 0.0938. The average molecular weight is 443 g/mol. The van der Waals surface area contributed by atoms with E-state index in [1.807, 2.05) is 52.7 Å². The number of carbonyl (C=O) groups is 1. The summed E-state index contributed by atoms with van der Waals surface area (Å²) in [5.74, 6) is -0.0423. The maximum absolute atomic E-state index is 13.3. The molecule has 1 N–H and O–H groups in total. The second kappa shape index (κ2) is 9.51. The van der Waals surface area contributed by atoms with Crippen LogP contribution in [0.5, 0.6) is 0 Å². The third-order valence-corrected chi connectivity index (χ3v) is 6.68. The molecule has 1 fully saturated rings. The fourth-order valence-corrected chi connectivity index (χ4v) is 4.96. The lowest BCUT2D eigenvalue weighted by atomic mass is 10.2. The molecule has 0 saturated carbocycles. The van der Waals surface area contributed by atoms with Crippen LogP contribution in [0.4, 0.5) is 0 Å². The minimum Gasteiger partial charge on any atom is -0.348 e. The van der Waals surface area contributed by atoms with Crippen LogP contribution in [-0.4, -0.2) is 39.7 Å². The van der Waals surface area contributed by atoms with E-state index >= 15 is 0 Å². The quantitative estimate of drug-likeness (QED) is 0.453. The minimum atomic E-state index is -0.0423. The Balaban J connectivity index is 1.29. The van der Waals surface area contributed by atoms with Gasteiger partial charge in [0.05, 0.1) is 17.0 Å². The first-order chi connectivity index (χ1) is 15.7. The van der Waals surface area contributed by atoms with Crippen LogP contribution in [0.2, 0.25) is 0 Å². The highest BCUT2D eigenvalue weighted by atomic mass is 32.1. The van der Waals surface area contributed by atoms with Gasteiger partial charge >= 0.3 is 0 Å². The van der Waals surface area contributed by atoms with E-state index in [2.05, 4.69) is 46.6 Å². The van der Waals surface area contributed by atoms with Gasteiger partial charge in [0, 0.05) is 31.9 Å². The number of hydrogen-bond acceptors (Lipinski definition) is 4. The lowest BCUT2D eigenvalue weighted by Crippen LogP contribution is -2.37. The third kappa shape index (κ3) is 4.82. The molecule has 5 rings (SSSR count). The molecule has 1 saturated heterocycles. The molecular weight excluding hydrogens is 416 g/mol. The molecule has 2 aromatic carbocycles. The van der Waals surface area contributed by atoms with Crippen LogP contribution in [0.15, 0.2) is 84.4 Å². The third-order valence-electron chi connectivity index (χ3n) is 5.80. The molecule has 32 heavy (non-hydrogen) atoms. The Labute approximate surface area is 192 Å². The monoisotopic (exact) mass is 442 g/mol. The van der Waals surface area contributed by atoms with Gasteiger partial charge < -0.3 is 5.32 Å². The van der Waals surface area contributed by atoms with E-state index in [0.717, 1.165) is 42.2 Å². The normalized spacial score (nSPS) is 16.3. The van der Waals surface area contributed by atoms with Gasteiger partial charge in [0.1, 0.15) is 5.69 Å². The van der Waals surface area contributed by atoms with Gasteiger partial charge in [0.15, 0.2) is 0 Å². The number of aromatic nitrogens is 2. The predicted octanol–water partition coefficient (Wildman–Crippen LogP) is 4.66. The Hall–Kier alpha value is -3.22. The van der Waals surface area contributed by atoms with E-state index in [1.165, 1.54) is 5.56 Å². The van der Waals surface area contributed by atoms with Gasteiger partial charge in [-0.1, -0.05) is 66.7 Å². The molecule has 0 aliphatic carbocycles. The summed E-state index contributed by atoms with van der Waals surface area (Å²) in [4.78, 5) is 16.7.